The van der Waals surface area contributed by atoms with Crippen LogP contribution in [0.3, 0.4) is 0 Å². The first kappa shape index (κ1) is 12.7. The Morgan fingerprint density at radius 1 is 1.32 bits per heavy atom. The Morgan fingerprint density at radius 3 is 2.79 bits per heavy atom. The summed E-state index contributed by atoms with van der Waals surface area (Å²) in [6, 6.07) is 8.39. The maximum atomic E-state index is 5.91. The van der Waals surface area contributed by atoms with Gasteiger partial charge < -0.3 is 9.73 Å². The van der Waals surface area contributed by atoms with Gasteiger partial charge in [-0.3, -0.25) is 0 Å². The number of fused-ring (bicyclic) bond motifs is 1. The topological polar surface area (TPSA) is 25.2 Å². The van der Waals surface area contributed by atoms with Crippen LogP contribution in [-0.2, 0) is 6.42 Å². The minimum Gasteiger partial charge on any atom is -0.461 e. The third-order valence-corrected chi connectivity index (χ3v) is 4.77. The molecule has 3 rings (SSSR count). The second-order valence-corrected chi connectivity index (χ2v) is 6.15. The first-order valence-electron chi connectivity index (χ1n) is 7.34. The van der Waals surface area contributed by atoms with Crippen LogP contribution in [-0.4, -0.2) is 12.1 Å². The highest BCUT2D eigenvalue weighted by Crippen LogP contribution is 2.35. The summed E-state index contributed by atoms with van der Waals surface area (Å²) >= 11 is 0. The highest BCUT2D eigenvalue weighted by Gasteiger charge is 2.37. The van der Waals surface area contributed by atoms with Gasteiger partial charge in [-0.15, -0.1) is 0 Å². The molecule has 0 bridgehead atoms. The van der Waals surface area contributed by atoms with E-state index in [1.54, 1.807) is 0 Å². The summed E-state index contributed by atoms with van der Waals surface area (Å²) in [5, 5.41) is 5.04. The number of aryl methyl sites for hydroxylation is 1. The quantitative estimate of drug-likeness (QED) is 0.897. The maximum absolute atomic E-state index is 5.91. The maximum Gasteiger partial charge on any atom is 0.134 e. The zero-order chi connectivity index (χ0) is 13.5. The minimum atomic E-state index is 0.247. The first-order valence-corrected chi connectivity index (χ1v) is 7.34. The summed E-state index contributed by atoms with van der Waals surface area (Å²) in [5.74, 6) is 1.72. The van der Waals surface area contributed by atoms with Crippen molar-refractivity contribution in [1.29, 1.82) is 0 Å². The second-order valence-electron chi connectivity index (χ2n) is 6.15. The van der Waals surface area contributed by atoms with Gasteiger partial charge >= 0.3 is 0 Å². The van der Waals surface area contributed by atoms with Crippen molar-refractivity contribution in [3.05, 3.63) is 35.6 Å². The molecule has 1 aliphatic rings. The summed E-state index contributed by atoms with van der Waals surface area (Å²) in [4.78, 5) is 0. The van der Waals surface area contributed by atoms with Gasteiger partial charge in [0.15, 0.2) is 0 Å². The number of nitrogens with one attached hydrogen (secondary N) is 1. The largest absolute Gasteiger partial charge is 0.461 e. The number of para-hydroxylation sites is 1. The van der Waals surface area contributed by atoms with Crippen LogP contribution in [0.5, 0.6) is 0 Å². The molecule has 0 aliphatic carbocycles. The first-order chi connectivity index (χ1) is 9.12. The van der Waals surface area contributed by atoms with Crippen molar-refractivity contribution in [2.45, 2.75) is 45.6 Å². The highest BCUT2D eigenvalue weighted by molar-refractivity contribution is 5.82. The van der Waals surface area contributed by atoms with Crippen LogP contribution in [0.25, 0.3) is 11.0 Å². The molecular weight excluding hydrogens is 234 g/mol. The Bertz CT molecular complexity index is 576. The molecule has 0 amide bonds. The minimum absolute atomic E-state index is 0.247. The number of hydrogen-bond acceptors (Lipinski definition) is 2. The average Bonchev–Trinajstić information content (AvgIpc) is 2.97. The van der Waals surface area contributed by atoms with Gasteiger partial charge in [-0.2, -0.15) is 0 Å². The lowest BCUT2D eigenvalue weighted by atomic mass is 9.79. The number of hydrogen-bond donors (Lipinski definition) is 1. The van der Waals surface area contributed by atoms with Crippen LogP contribution in [0, 0.1) is 12.8 Å². The third kappa shape index (κ3) is 2.08. The van der Waals surface area contributed by atoms with E-state index in [0.717, 1.165) is 24.3 Å². The van der Waals surface area contributed by atoms with Crippen molar-refractivity contribution in [1.82, 2.24) is 5.32 Å². The van der Waals surface area contributed by atoms with Gasteiger partial charge in [-0.05, 0) is 44.7 Å². The molecule has 1 aliphatic heterocycles. The van der Waals surface area contributed by atoms with E-state index in [2.05, 4.69) is 44.3 Å². The van der Waals surface area contributed by atoms with Crippen molar-refractivity contribution < 1.29 is 4.42 Å². The SMILES string of the molecule is Cc1oc2ccccc2c1CC1(C(C)C)CCCN1. The van der Waals surface area contributed by atoms with Gasteiger partial charge in [0.25, 0.3) is 0 Å². The van der Waals surface area contributed by atoms with Crippen molar-refractivity contribution in [2.24, 2.45) is 5.92 Å². The lowest BCUT2D eigenvalue weighted by Gasteiger charge is -2.34. The molecule has 2 nitrogen and oxygen atoms in total. The summed E-state index contributed by atoms with van der Waals surface area (Å²) in [6.07, 6.45) is 3.63. The van der Waals surface area contributed by atoms with Crippen molar-refractivity contribution in [2.75, 3.05) is 6.54 Å². The molecule has 2 aromatic rings. The van der Waals surface area contributed by atoms with Crippen LogP contribution in [0.1, 0.15) is 38.0 Å². The van der Waals surface area contributed by atoms with Gasteiger partial charge in [-0.1, -0.05) is 32.0 Å². The Hall–Kier alpha value is -1.28. The van der Waals surface area contributed by atoms with E-state index in [4.69, 9.17) is 4.42 Å². The van der Waals surface area contributed by atoms with E-state index >= 15 is 0 Å². The Labute approximate surface area is 115 Å². The van der Waals surface area contributed by atoms with E-state index in [-0.39, 0.29) is 5.54 Å². The van der Waals surface area contributed by atoms with E-state index in [1.165, 1.54) is 23.8 Å². The van der Waals surface area contributed by atoms with Crippen molar-refractivity contribution >= 4 is 11.0 Å². The summed E-state index contributed by atoms with van der Waals surface area (Å²) in [5.41, 5.74) is 2.66. The van der Waals surface area contributed by atoms with Crippen LogP contribution < -0.4 is 5.32 Å². The zero-order valence-electron chi connectivity index (χ0n) is 12.1. The summed E-state index contributed by atoms with van der Waals surface area (Å²) in [6.45, 7) is 7.90. The van der Waals surface area contributed by atoms with Gasteiger partial charge in [0.2, 0.25) is 0 Å². The predicted octanol–water partition coefficient (Wildman–Crippen LogP) is 4.06. The van der Waals surface area contributed by atoms with Gasteiger partial charge in [0.05, 0.1) is 0 Å². The Morgan fingerprint density at radius 2 is 2.11 bits per heavy atom. The molecule has 1 aromatic carbocycles. The fourth-order valence-electron chi connectivity index (χ4n) is 3.43. The fourth-order valence-corrected chi connectivity index (χ4v) is 3.43. The number of rotatable bonds is 3. The predicted molar refractivity (Wildman–Crippen MR) is 79.5 cm³/mol. The molecule has 0 radical (unpaired) electrons. The lowest BCUT2D eigenvalue weighted by Crippen LogP contribution is -2.46. The molecule has 1 atom stereocenters. The Kier molecular flexibility index (Phi) is 3.14. The second kappa shape index (κ2) is 4.68. The van der Waals surface area contributed by atoms with E-state index in [1.807, 2.05) is 6.07 Å². The van der Waals surface area contributed by atoms with Crippen LogP contribution in [0.4, 0.5) is 0 Å². The summed E-state index contributed by atoms with van der Waals surface area (Å²) in [7, 11) is 0. The van der Waals surface area contributed by atoms with E-state index in [9.17, 15) is 0 Å². The van der Waals surface area contributed by atoms with E-state index < -0.39 is 0 Å². The molecule has 1 N–H and O–H groups in total. The van der Waals surface area contributed by atoms with E-state index in [0.29, 0.717) is 5.92 Å². The fraction of sp³-hybridized carbons (Fsp3) is 0.529. The van der Waals surface area contributed by atoms with Crippen LogP contribution in [0.15, 0.2) is 28.7 Å². The molecule has 19 heavy (non-hydrogen) atoms. The monoisotopic (exact) mass is 257 g/mol. The smallest absolute Gasteiger partial charge is 0.134 e. The molecule has 102 valence electrons. The molecule has 1 fully saturated rings. The highest BCUT2D eigenvalue weighted by atomic mass is 16.3. The van der Waals surface area contributed by atoms with Gasteiger partial charge in [0, 0.05) is 16.5 Å². The van der Waals surface area contributed by atoms with Crippen LogP contribution >= 0.6 is 0 Å². The number of benzene rings is 1. The van der Waals surface area contributed by atoms with Gasteiger partial charge in [0.1, 0.15) is 11.3 Å². The lowest BCUT2D eigenvalue weighted by molar-refractivity contribution is 0.268. The van der Waals surface area contributed by atoms with Crippen molar-refractivity contribution in [3.63, 3.8) is 0 Å². The Balaban J connectivity index is 2.03. The molecule has 1 unspecified atom stereocenters. The standard InChI is InChI=1S/C17H23NO/c1-12(2)17(9-6-10-18-17)11-15-13(3)19-16-8-5-4-7-14(15)16/h4-5,7-8,12,18H,6,9-11H2,1-3H3. The molecule has 0 spiro atoms. The molecule has 1 saturated heterocycles. The normalized spacial score (nSPS) is 23.6. The molecule has 0 saturated carbocycles. The molecule has 2 heteroatoms. The summed E-state index contributed by atoms with van der Waals surface area (Å²) < 4.78 is 5.91. The van der Waals surface area contributed by atoms with Crippen molar-refractivity contribution in [3.8, 4) is 0 Å². The van der Waals surface area contributed by atoms with Gasteiger partial charge in [-0.25, -0.2) is 0 Å². The third-order valence-electron chi connectivity index (χ3n) is 4.77. The number of furan rings is 1. The average molecular weight is 257 g/mol. The zero-order valence-corrected chi connectivity index (χ0v) is 12.1. The molecule has 2 heterocycles. The van der Waals surface area contributed by atoms with Crippen LogP contribution in [0.2, 0.25) is 0 Å². The molecule has 1 aromatic heterocycles. The molecular formula is C17H23NO.